The molecule has 2 N–H and O–H groups in total. The zero-order chi connectivity index (χ0) is 24.7. The molecule has 7 nitrogen and oxygen atoms in total. The van der Waals surface area contributed by atoms with Crippen LogP contribution >= 0.6 is 0 Å². The number of rotatable bonds is 7. The molecule has 0 saturated carbocycles. The van der Waals surface area contributed by atoms with Gasteiger partial charge in [-0.3, -0.25) is 14.4 Å². The van der Waals surface area contributed by atoms with Crippen LogP contribution in [-0.4, -0.2) is 46.9 Å². The first-order valence-electron chi connectivity index (χ1n) is 11.9. The number of halogens is 1. The molecular formula is C27H28FN3O4. The van der Waals surface area contributed by atoms with E-state index >= 15 is 0 Å². The van der Waals surface area contributed by atoms with Crippen molar-refractivity contribution >= 4 is 23.4 Å². The molecule has 0 unspecified atom stereocenters. The molecule has 2 saturated heterocycles. The van der Waals surface area contributed by atoms with E-state index in [1.54, 1.807) is 17.1 Å². The van der Waals surface area contributed by atoms with Crippen LogP contribution in [0.25, 0.3) is 0 Å². The van der Waals surface area contributed by atoms with Crippen LogP contribution in [0.5, 0.6) is 0 Å². The SMILES string of the molecule is CC(C)CN1C(=O)[C@H]2[C@@H](C(=O)Nc3ccc(F)cc3)[C@H]3C=C[C@]2(O3)[C@H]1C(=O)NCc1ccccc1. The van der Waals surface area contributed by atoms with E-state index in [2.05, 4.69) is 10.6 Å². The number of amides is 3. The summed E-state index contributed by atoms with van der Waals surface area (Å²) in [6.45, 7) is 4.65. The van der Waals surface area contributed by atoms with Crippen molar-refractivity contribution in [3.05, 3.63) is 78.1 Å². The Hall–Kier alpha value is -3.52. The lowest BCUT2D eigenvalue weighted by atomic mass is 9.74. The molecule has 3 aliphatic rings. The minimum Gasteiger partial charge on any atom is -0.359 e. The summed E-state index contributed by atoms with van der Waals surface area (Å²) in [5, 5.41) is 5.74. The lowest BCUT2D eigenvalue weighted by Gasteiger charge is -2.32. The number of benzene rings is 2. The van der Waals surface area contributed by atoms with Gasteiger partial charge in [0.15, 0.2) is 0 Å². The second kappa shape index (κ2) is 8.92. The molecule has 2 aromatic carbocycles. The van der Waals surface area contributed by atoms with Gasteiger partial charge in [-0.05, 0) is 35.7 Å². The monoisotopic (exact) mass is 477 g/mol. The first-order valence-corrected chi connectivity index (χ1v) is 11.9. The Labute approximate surface area is 203 Å². The third-order valence-corrected chi connectivity index (χ3v) is 6.91. The zero-order valence-corrected chi connectivity index (χ0v) is 19.6. The molecule has 0 radical (unpaired) electrons. The molecular weight excluding hydrogens is 449 g/mol. The third kappa shape index (κ3) is 4.01. The van der Waals surface area contributed by atoms with Crippen LogP contribution < -0.4 is 10.6 Å². The highest BCUT2D eigenvalue weighted by Gasteiger charge is 2.72. The summed E-state index contributed by atoms with van der Waals surface area (Å²) < 4.78 is 19.6. The number of carbonyl (C=O) groups is 3. The maximum atomic E-state index is 13.7. The first kappa shape index (κ1) is 23.2. The Kier molecular flexibility index (Phi) is 5.92. The Bertz CT molecular complexity index is 1170. The van der Waals surface area contributed by atoms with Crippen LogP contribution in [0.1, 0.15) is 19.4 Å². The average Bonchev–Trinajstić information content (AvgIpc) is 3.47. The molecule has 8 heteroatoms. The number of anilines is 1. The Balaban J connectivity index is 1.42. The molecule has 3 aliphatic heterocycles. The largest absolute Gasteiger partial charge is 0.359 e. The fourth-order valence-corrected chi connectivity index (χ4v) is 5.50. The van der Waals surface area contributed by atoms with Crippen molar-refractivity contribution in [3.8, 4) is 0 Å². The van der Waals surface area contributed by atoms with E-state index in [9.17, 15) is 18.8 Å². The molecule has 5 atom stereocenters. The molecule has 2 fully saturated rings. The summed E-state index contributed by atoms with van der Waals surface area (Å²) in [5.41, 5.74) is 0.166. The summed E-state index contributed by atoms with van der Waals surface area (Å²) in [6, 6.07) is 14.1. The number of nitrogens with one attached hydrogen (secondary N) is 2. The van der Waals surface area contributed by atoms with E-state index < -0.39 is 35.4 Å². The average molecular weight is 478 g/mol. The van der Waals surface area contributed by atoms with Crippen molar-refractivity contribution in [3.63, 3.8) is 0 Å². The Morgan fingerprint density at radius 2 is 1.80 bits per heavy atom. The molecule has 3 amide bonds. The van der Waals surface area contributed by atoms with Gasteiger partial charge in [0.2, 0.25) is 17.7 Å². The molecule has 2 bridgehead atoms. The maximum Gasteiger partial charge on any atom is 0.246 e. The van der Waals surface area contributed by atoms with Crippen molar-refractivity contribution in [2.75, 3.05) is 11.9 Å². The highest BCUT2D eigenvalue weighted by molar-refractivity contribution is 6.02. The van der Waals surface area contributed by atoms with Gasteiger partial charge in [0.25, 0.3) is 0 Å². The van der Waals surface area contributed by atoms with Crippen molar-refractivity contribution < 1.29 is 23.5 Å². The molecule has 3 heterocycles. The number of hydrogen-bond acceptors (Lipinski definition) is 4. The number of nitrogens with zero attached hydrogens (tertiary/aromatic N) is 1. The van der Waals surface area contributed by atoms with E-state index in [1.807, 2.05) is 44.2 Å². The van der Waals surface area contributed by atoms with Gasteiger partial charge in [-0.25, -0.2) is 4.39 Å². The quantitative estimate of drug-likeness (QED) is 0.601. The van der Waals surface area contributed by atoms with E-state index in [-0.39, 0.29) is 23.6 Å². The summed E-state index contributed by atoms with van der Waals surface area (Å²) in [6.07, 6.45) is 2.94. The van der Waals surface area contributed by atoms with Crippen molar-refractivity contribution in [2.45, 2.75) is 38.1 Å². The number of carbonyl (C=O) groups excluding carboxylic acids is 3. The minimum absolute atomic E-state index is 0.117. The molecule has 1 spiro atoms. The molecule has 5 rings (SSSR count). The molecule has 0 aromatic heterocycles. The van der Waals surface area contributed by atoms with Crippen molar-refractivity contribution in [2.24, 2.45) is 17.8 Å². The van der Waals surface area contributed by atoms with E-state index in [0.717, 1.165) is 5.56 Å². The van der Waals surface area contributed by atoms with Gasteiger partial charge in [-0.2, -0.15) is 0 Å². The van der Waals surface area contributed by atoms with E-state index in [0.29, 0.717) is 18.8 Å². The normalized spacial score (nSPS) is 28.5. The van der Waals surface area contributed by atoms with Crippen molar-refractivity contribution in [1.82, 2.24) is 10.2 Å². The lowest BCUT2D eigenvalue weighted by Crippen LogP contribution is -2.55. The summed E-state index contributed by atoms with van der Waals surface area (Å²) >= 11 is 0. The first-order chi connectivity index (χ1) is 16.8. The summed E-state index contributed by atoms with van der Waals surface area (Å²) in [7, 11) is 0. The smallest absolute Gasteiger partial charge is 0.246 e. The molecule has 182 valence electrons. The highest BCUT2D eigenvalue weighted by Crippen LogP contribution is 2.55. The molecule has 0 aliphatic carbocycles. The van der Waals surface area contributed by atoms with Crippen LogP contribution in [0.2, 0.25) is 0 Å². The second-order valence-corrected chi connectivity index (χ2v) is 9.79. The fraction of sp³-hybridized carbons (Fsp3) is 0.370. The van der Waals surface area contributed by atoms with Crippen LogP contribution in [0, 0.1) is 23.6 Å². The zero-order valence-electron chi connectivity index (χ0n) is 19.6. The van der Waals surface area contributed by atoms with Gasteiger partial charge in [-0.1, -0.05) is 56.3 Å². The Morgan fingerprint density at radius 1 is 1.09 bits per heavy atom. The predicted octanol–water partition coefficient (Wildman–Crippen LogP) is 2.89. The van der Waals surface area contributed by atoms with Crippen LogP contribution in [0.15, 0.2) is 66.7 Å². The van der Waals surface area contributed by atoms with Crippen LogP contribution in [-0.2, 0) is 25.7 Å². The van der Waals surface area contributed by atoms with Crippen molar-refractivity contribution in [1.29, 1.82) is 0 Å². The minimum atomic E-state index is -1.21. The van der Waals surface area contributed by atoms with Crippen LogP contribution in [0.3, 0.4) is 0 Å². The number of likely N-dealkylation sites (tertiary alicyclic amines) is 1. The Morgan fingerprint density at radius 3 is 2.49 bits per heavy atom. The van der Waals surface area contributed by atoms with E-state index in [4.69, 9.17) is 4.74 Å². The van der Waals surface area contributed by atoms with Gasteiger partial charge in [0, 0.05) is 18.8 Å². The number of hydrogen-bond donors (Lipinski definition) is 2. The number of ether oxygens (including phenoxy) is 1. The van der Waals surface area contributed by atoms with Gasteiger partial charge < -0.3 is 20.3 Å². The maximum absolute atomic E-state index is 13.7. The number of fused-ring (bicyclic) bond motifs is 1. The highest BCUT2D eigenvalue weighted by atomic mass is 19.1. The second-order valence-electron chi connectivity index (χ2n) is 9.79. The predicted molar refractivity (Wildman–Crippen MR) is 127 cm³/mol. The summed E-state index contributed by atoms with van der Waals surface area (Å²) in [4.78, 5) is 42.1. The standard InChI is InChI=1S/C27H28FN3O4/c1-16(2)15-31-23(25(33)29-14-17-6-4-3-5-7-17)27-13-12-20(35-27)21(22(27)26(31)34)24(32)30-19-10-8-18(28)9-11-19/h3-13,16,20-23H,14-15H2,1-2H3,(H,29,33)(H,30,32)/t20-,21+,22-,23-,27-/m1/s1. The fourth-order valence-electron chi connectivity index (χ4n) is 5.50. The van der Waals surface area contributed by atoms with Crippen LogP contribution in [0.4, 0.5) is 10.1 Å². The molecule has 2 aromatic rings. The van der Waals surface area contributed by atoms with Gasteiger partial charge in [-0.15, -0.1) is 0 Å². The topological polar surface area (TPSA) is 87.7 Å². The summed E-state index contributed by atoms with van der Waals surface area (Å²) in [5.74, 6) is -2.86. The van der Waals surface area contributed by atoms with E-state index in [1.165, 1.54) is 24.3 Å². The van der Waals surface area contributed by atoms with Gasteiger partial charge in [0.1, 0.15) is 17.5 Å². The van der Waals surface area contributed by atoms with Gasteiger partial charge >= 0.3 is 0 Å². The lowest BCUT2D eigenvalue weighted by molar-refractivity contribution is -0.141. The third-order valence-electron chi connectivity index (χ3n) is 6.91. The molecule has 35 heavy (non-hydrogen) atoms. The van der Waals surface area contributed by atoms with Gasteiger partial charge in [0.05, 0.1) is 17.9 Å².